The Kier molecular flexibility index (Phi) is 12.4. The molecule has 4 rings (SSSR count). The quantitative estimate of drug-likeness (QED) is 0.148. The van der Waals surface area contributed by atoms with Crippen molar-refractivity contribution in [3.63, 3.8) is 0 Å². The summed E-state index contributed by atoms with van der Waals surface area (Å²) in [6.45, 7) is 6.19. The first kappa shape index (κ1) is 34.2. The van der Waals surface area contributed by atoms with E-state index in [1.807, 2.05) is 75.4 Å². The van der Waals surface area contributed by atoms with Gasteiger partial charge in [-0.15, -0.1) is 0 Å². The van der Waals surface area contributed by atoms with Crippen LogP contribution in [0.3, 0.4) is 0 Å². The van der Waals surface area contributed by atoms with E-state index in [4.69, 9.17) is 4.74 Å². The fraction of sp³-hybridized carbons (Fsp3) is 0.297. The summed E-state index contributed by atoms with van der Waals surface area (Å²) in [6, 6.07) is 31.2. The molecule has 0 aromatic heterocycles. The van der Waals surface area contributed by atoms with Crippen LogP contribution in [-0.4, -0.2) is 50.9 Å². The Morgan fingerprint density at radius 1 is 0.804 bits per heavy atom. The zero-order valence-corrected chi connectivity index (χ0v) is 27.6. The number of ether oxygens (including phenoxy) is 1. The molecule has 46 heavy (non-hydrogen) atoms. The van der Waals surface area contributed by atoms with Crippen LogP contribution >= 0.6 is 0 Å². The SMILES string of the molecule is CCCCNC(=O)[C@@H](Cc1ccccc1)N(Cc1ccc(C)cc1)C(=O)CN(c1ccccc1OCC)S(=O)(=O)c1ccccc1. The number of benzene rings is 4. The van der Waals surface area contributed by atoms with Crippen LogP contribution in [0.2, 0.25) is 0 Å². The number of aryl methyl sites for hydroxylation is 1. The van der Waals surface area contributed by atoms with Gasteiger partial charge in [-0.05, 0) is 55.7 Å². The molecule has 1 N–H and O–H groups in total. The Bertz CT molecular complexity index is 1660. The van der Waals surface area contributed by atoms with E-state index in [-0.39, 0.29) is 29.5 Å². The first-order valence-corrected chi connectivity index (χ1v) is 17.1. The maximum Gasteiger partial charge on any atom is 0.264 e. The molecule has 4 aromatic carbocycles. The van der Waals surface area contributed by atoms with E-state index >= 15 is 0 Å². The molecule has 0 aliphatic heterocycles. The van der Waals surface area contributed by atoms with Gasteiger partial charge in [0, 0.05) is 19.5 Å². The van der Waals surface area contributed by atoms with Crippen LogP contribution in [0.5, 0.6) is 5.75 Å². The summed E-state index contributed by atoms with van der Waals surface area (Å²) in [5.74, 6) is -0.469. The van der Waals surface area contributed by atoms with Gasteiger partial charge in [-0.1, -0.05) is 104 Å². The van der Waals surface area contributed by atoms with Crippen molar-refractivity contribution in [2.75, 3.05) is 24.0 Å². The van der Waals surface area contributed by atoms with Crippen molar-refractivity contribution in [3.05, 3.63) is 126 Å². The van der Waals surface area contributed by atoms with Crippen LogP contribution in [0, 0.1) is 6.92 Å². The minimum absolute atomic E-state index is 0.0392. The number of sulfonamides is 1. The van der Waals surface area contributed by atoms with Gasteiger partial charge in [0.2, 0.25) is 11.8 Å². The van der Waals surface area contributed by atoms with Crippen molar-refractivity contribution in [3.8, 4) is 5.75 Å². The molecule has 9 heteroatoms. The minimum atomic E-state index is -4.22. The molecule has 0 bridgehead atoms. The van der Waals surface area contributed by atoms with E-state index in [0.717, 1.165) is 33.8 Å². The molecular weight excluding hydrogens is 598 g/mol. The van der Waals surface area contributed by atoms with Gasteiger partial charge in [0.25, 0.3) is 10.0 Å². The highest BCUT2D eigenvalue weighted by atomic mass is 32.2. The maximum absolute atomic E-state index is 14.6. The Morgan fingerprint density at radius 3 is 2.09 bits per heavy atom. The fourth-order valence-corrected chi connectivity index (χ4v) is 6.57. The minimum Gasteiger partial charge on any atom is -0.492 e. The van der Waals surface area contributed by atoms with Crippen LogP contribution in [0.4, 0.5) is 5.69 Å². The van der Waals surface area contributed by atoms with Gasteiger partial charge in [-0.2, -0.15) is 0 Å². The maximum atomic E-state index is 14.6. The summed E-state index contributed by atoms with van der Waals surface area (Å²) in [5, 5.41) is 3.02. The van der Waals surface area contributed by atoms with Crippen LogP contribution in [0.25, 0.3) is 0 Å². The summed E-state index contributed by atoms with van der Waals surface area (Å²) < 4.78 is 35.4. The van der Waals surface area contributed by atoms with Crippen molar-refractivity contribution in [2.24, 2.45) is 0 Å². The molecule has 0 spiro atoms. The Labute approximate surface area is 273 Å². The average Bonchev–Trinajstić information content (AvgIpc) is 3.07. The topological polar surface area (TPSA) is 96.0 Å². The van der Waals surface area contributed by atoms with E-state index in [0.29, 0.717) is 18.9 Å². The molecule has 0 saturated carbocycles. The third-order valence-electron chi connectivity index (χ3n) is 7.62. The molecule has 0 unspecified atom stereocenters. The third kappa shape index (κ3) is 8.97. The van der Waals surface area contributed by atoms with Gasteiger partial charge in [-0.25, -0.2) is 8.42 Å². The van der Waals surface area contributed by atoms with Crippen molar-refractivity contribution in [1.82, 2.24) is 10.2 Å². The fourth-order valence-electron chi connectivity index (χ4n) is 5.12. The van der Waals surface area contributed by atoms with Crippen LogP contribution in [0.1, 0.15) is 43.4 Å². The normalized spacial score (nSPS) is 11.8. The molecule has 0 heterocycles. The van der Waals surface area contributed by atoms with Gasteiger partial charge in [0.05, 0.1) is 17.2 Å². The Balaban J connectivity index is 1.81. The standard InChI is InChI=1S/C37H43N3O5S/c1-4-6-25-38-37(42)34(26-30-15-9-7-10-16-30)39(27-31-23-21-29(3)22-24-31)36(41)28-40(33-19-13-14-20-35(33)45-5-2)46(43,44)32-17-11-8-12-18-32/h7-24,34H,4-6,25-28H2,1-3H3,(H,38,42)/t34-/m1/s1. The number of nitrogens with zero attached hydrogens (tertiary/aromatic N) is 2. The lowest BCUT2D eigenvalue weighted by molar-refractivity contribution is -0.140. The monoisotopic (exact) mass is 641 g/mol. The lowest BCUT2D eigenvalue weighted by Gasteiger charge is -2.34. The summed E-state index contributed by atoms with van der Waals surface area (Å²) in [5.41, 5.74) is 3.01. The van der Waals surface area contributed by atoms with E-state index < -0.39 is 28.5 Å². The lowest BCUT2D eigenvalue weighted by Crippen LogP contribution is -2.53. The summed E-state index contributed by atoms with van der Waals surface area (Å²) in [4.78, 5) is 30.0. The van der Waals surface area contributed by atoms with E-state index in [1.54, 1.807) is 42.5 Å². The highest BCUT2D eigenvalue weighted by Crippen LogP contribution is 2.33. The van der Waals surface area contributed by atoms with Crippen molar-refractivity contribution < 1.29 is 22.7 Å². The van der Waals surface area contributed by atoms with E-state index in [9.17, 15) is 18.0 Å². The molecule has 1 atom stereocenters. The largest absolute Gasteiger partial charge is 0.492 e. The number of carbonyl (C=O) groups excluding carboxylic acids is 2. The molecular formula is C37H43N3O5S. The Morgan fingerprint density at radius 2 is 1.43 bits per heavy atom. The number of unbranched alkanes of at least 4 members (excludes halogenated alkanes) is 1. The summed E-state index contributed by atoms with van der Waals surface area (Å²) >= 11 is 0. The molecule has 2 amide bonds. The van der Waals surface area contributed by atoms with Crippen LogP contribution in [-0.2, 0) is 32.6 Å². The first-order chi connectivity index (χ1) is 22.2. The predicted molar refractivity (Wildman–Crippen MR) is 182 cm³/mol. The molecule has 242 valence electrons. The number of carbonyl (C=O) groups is 2. The van der Waals surface area contributed by atoms with Crippen LogP contribution in [0.15, 0.2) is 114 Å². The van der Waals surface area contributed by atoms with Crippen molar-refractivity contribution in [1.29, 1.82) is 0 Å². The second-order valence-corrected chi connectivity index (χ2v) is 12.9. The lowest BCUT2D eigenvalue weighted by atomic mass is 10.0. The van der Waals surface area contributed by atoms with E-state index in [1.165, 1.54) is 17.0 Å². The smallest absolute Gasteiger partial charge is 0.264 e. The first-order valence-electron chi connectivity index (χ1n) is 15.7. The molecule has 0 radical (unpaired) electrons. The number of rotatable bonds is 16. The van der Waals surface area contributed by atoms with Crippen molar-refractivity contribution in [2.45, 2.75) is 57.5 Å². The molecule has 4 aromatic rings. The number of anilines is 1. The van der Waals surface area contributed by atoms with Crippen LogP contribution < -0.4 is 14.4 Å². The third-order valence-corrected chi connectivity index (χ3v) is 9.39. The molecule has 0 fully saturated rings. The number of hydrogen-bond donors (Lipinski definition) is 1. The zero-order valence-electron chi connectivity index (χ0n) is 26.8. The highest BCUT2D eigenvalue weighted by molar-refractivity contribution is 7.92. The number of amides is 2. The van der Waals surface area contributed by atoms with Crippen molar-refractivity contribution >= 4 is 27.5 Å². The van der Waals surface area contributed by atoms with Gasteiger partial charge in [-0.3, -0.25) is 13.9 Å². The molecule has 8 nitrogen and oxygen atoms in total. The second-order valence-electron chi connectivity index (χ2n) is 11.1. The molecule has 0 aliphatic rings. The van der Waals surface area contributed by atoms with E-state index in [2.05, 4.69) is 5.32 Å². The van der Waals surface area contributed by atoms with Gasteiger partial charge in [0.1, 0.15) is 18.3 Å². The highest BCUT2D eigenvalue weighted by Gasteiger charge is 2.35. The molecule has 0 saturated heterocycles. The van der Waals surface area contributed by atoms with Gasteiger partial charge >= 0.3 is 0 Å². The predicted octanol–water partition coefficient (Wildman–Crippen LogP) is 6.15. The van der Waals surface area contributed by atoms with Gasteiger partial charge < -0.3 is 15.0 Å². The Hall–Kier alpha value is -4.63. The number of nitrogens with one attached hydrogen (secondary N) is 1. The second kappa shape index (κ2) is 16.6. The summed E-state index contributed by atoms with van der Waals surface area (Å²) in [7, 11) is -4.22. The van der Waals surface area contributed by atoms with Gasteiger partial charge in [0.15, 0.2) is 0 Å². The zero-order chi connectivity index (χ0) is 32.9. The number of hydrogen-bond acceptors (Lipinski definition) is 5. The summed E-state index contributed by atoms with van der Waals surface area (Å²) in [6.07, 6.45) is 1.96. The molecule has 0 aliphatic carbocycles. The number of para-hydroxylation sites is 2. The average molecular weight is 642 g/mol.